The third kappa shape index (κ3) is 32.7. The van der Waals surface area contributed by atoms with Crippen molar-refractivity contribution in [2.24, 2.45) is 0 Å². The van der Waals surface area contributed by atoms with Crippen molar-refractivity contribution in [3.05, 3.63) is 0 Å². The van der Waals surface area contributed by atoms with Crippen LogP contribution in [0.1, 0.15) is 207 Å². The molecule has 0 aromatic rings. The molecule has 0 aliphatic carbocycles. The van der Waals surface area contributed by atoms with E-state index in [0.717, 1.165) is 13.0 Å². The Bertz CT molecular complexity index is 423. The summed E-state index contributed by atoms with van der Waals surface area (Å²) in [6, 6.07) is 0. The predicted octanol–water partition coefficient (Wildman–Crippen LogP) is 9.17. The first kappa shape index (κ1) is 42.3. The molecule has 3 heteroatoms. The highest BCUT2D eigenvalue weighted by molar-refractivity contribution is 4.54. The quantitative estimate of drug-likeness (QED) is 0.0599. The third-order valence-corrected chi connectivity index (χ3v) is 9.19. The van der Waals surface area contributed by atoms with Crippen LogP contribution in [0.3, 0.4) is 0 Å². The minimum Gasteiger partial charge on any atom is -1.00 e. The monoisotopic (exact) mass is 588 g/mol. The molecule has 0 aromatic heterocycles. The predicted molar refractivity (Wildman–Crippen MR) is 178 cm³/mol. The lowest BCUT2D eigenvalue weighted by Gasteiger charge is -2.35. The minimum atomic E-state index is -0.157. The average molecular weight is 588 g/mol. The first-order valence-corrected chi connectivity index (χ1v) is 18.6. The molecule has 40 heavy (non-hydrogen) atoms. The fourth-order valence-electron chi connectivity index (χ4n) is 6.21. The van der Waals surface area contributed by atoms with Crippen molar-refractivity contribution in [2.75, 3.05) is 26.7 Å². The second kappa shape index (κ2) is 33.7. The van der Waals surface area contributed by atoms with Crippen LogP contribution in [0.25, 0.3) is 0 Å². The van der Waals surface area contributed by atoms with E-state index in [1.54, 1.807) is 0 Å². The van der Waals surface area contributed by atoms with Gasteiger partial charge in [0.15, 0.2) is 0 Å². The van der Waals surface area contributed by atoms with E-state index >= 15 is 0 Å². The van der Waals surface area contributed by atoms with Gasteiger partial charge in [-0.15, -0.1) is 0 Å². The smallest absolute Gasteiger partial charge is 0.0809 e. The zero-order valence-corrected chi connectivity index (χ0v) is 29.2. The largest absolute Gasteiger partial charge is 1.00 e. The van der Waals surface area contributed by atoms with E-state index in [1.165, 1.54) is 197 Å². The van der Waals surface area contributed by atoms with E-state index in [9.17, 15) is 5.11 Å². The van der Waals surface area contributed by atoms with Crippen LogP contribution < -0.4 is 12.4 Å². The SMILES string of the molecule is CCCCCCCCCCCCCCCC[N+](C)(CCCCCCCCCCCCCCCC)CCC(C)O.[Cl-]. The number of hydrogen-bond donors (Lipinski definition) is 1. The number of halogens is 1. The molecule has 244 valence electrons. The highest BCUT2D eigenvalue weighted by Gasteiger charge is 2.21. The molecule has 1 N–H and O–H groups in total. The summed E-state index contributed by atoms with van der Waals surface area (Å²) in [5.41, 5.74) is 0. The molecule has 0 saturated heterocycles. The Morgan fingerprint density at radius 2 is 0.625 bits per heavy atom. The Kier molecular flexibility index (Phi) is 35.7. The van der Waals surface area contributed by atoms with Crippen molar-refractivity contribution in [3.63, 3.8) is 0 Å². The Morgan fingerprint density at radius 1 is 0.400 bits per heavy atom. The fraction of sp³-hybridized carbons (Fsp3) is 1.00. The Balaban J connectivity index is 0. The minimum absolute atomic E-state index is 0. The summed E-state index contributed by atoms with van der Waals surface area (Å²) in [5, 5.41) is 9.89. The number of hydrogen-bond acceptors (Lipinski definition) is 1. The second-order valence-electron chi connectivity index (χ2n) is 13.6. The van der Waals surface area contributed by atoms with Crippen molar-refractivity contribution >= 4 is 0 Å². The van der Waals surface area contributed by atoms with Crippen LogP contribution in [0.5, 0.6) is 0 Å². The maximum absolute atomic E-state index is 9.89. The second-order valence-corrected chi connectivity index (χ2v) is 13.6. The zero-order valence-electron chi connectivity index (χ0n) is 28.5. The summed E-state index contributed by atoms with van der Waals surface area (Å²) in [5.74, 6) is 0. The standard InChI is InChI=1S/C37H78NO.ClH/c1-5-7-9-11-13-15-17-19-21-23-25-27-29-31-34-38(4,36-33-37(3)39)35-32-30-28-26-24-22-20-18-16-14-12-10-8-6-2;/h37,39H,5-36H2,1-4H3;1H/q+1;/p-1. The molecule has 0 aliphatic heterocycles. The van der Waals surface area contributed by atoms with E-state index < -0.39 is 0 Å². The van der Waals surface area contributed by atoms with Crippen molar-refractivity contribution in [3.8, 4) is 0 Å². The van der Waals surface area contributed by atoms with E-state index in [-0.39, 0.29) is 18.5 Å². The number of aliphatic hydroxyl groups excluding tert-OH is 1. The first-order valence-electron chi connectivity index (χ1n) is 18.6. The molecule has 0 amide bonds. The molecule has 1 unspecified atom stereocenters. The number of aliphatic hydroxyl groups is 1. The summed E-state index contributed by atoms with van der Waals surface area (Å²) in [6.45, 7) is 10.3. The van der Waals surface area contributed by atoms with Crippen LogP contribution in [0.15, 0.2) is 0 Å². The van der Waals surface area contributed by atoms with Crippen LogP contribution in [0, 0.1) is 0 Å². The van der Waals surface area contributed by atoms with Gasteiger partial charge in [-0.05, 0) is 32.6 Å². The van der Waals surface area contributed by atoms with Crippen molar-refractivity contribution < 1.29 is 22.0 Å². The maximum atomic E-state index is 9.89. The normalized spacial score (nSPS) is 12.5. The number of nitrogens with zero attached hydrogens (tertiary/aromatic N) is 1. The maximum Gasteiger partial charge on any atom is 0.0809 e. The number of unbranched alkanes of at least 4 members (excludes halogenated alkanes) is 26. The average Bonchev–Trinajstić information content (AvgIpc) is 2.92. The lowest BCUT2D eigenvalue weighted by molar-refractivity contribution is -0.910. The first-order chi connectivity index (χ1) is 19.0. The number of quaternary nitrogens is 1. The van der Waals surface area contributed by atoms with Gasteiger partial charge in [0.05, 0.1) is 32.8 Å². The van der Waals surface area contributed by atoms with Crippen LogP contribution in [0.4, 0.5) is 0 Å². The third-order valence-electron chi connectivity index (χ3n) is 9.19. The Hall–Kier alpha value is 0.210. The van der Waals surface area contributed by atoms with Gasteiger partial charge in [0, 0.05) is 6.42 Å². The van der Waals surface area contributed by atoms with E-state index in [2.05, 4.69) is 20.9 Å². The Labute approximate surface area is 261 Å². The van der Waals surface area contributed by atoms with Gasteiger partial charge in [-0.3, -0.25) is 0 Å². The van der Waals surface area contributed by atoms with Gasteiger partial charge in [0.25, 0.3) is 0 Å². The molecule has 0 spiro atoms. The molecule has 0 heterocycles. The van der Waals surface area contributed by atoms with Gasteiger partial charge in [-0.2, -0.15) is 0 Å². The molecule has 0 radical (unpaired) electrons. The summed E-state index contributed by atoms with van der Waals surface area (Å²) in [4.78, 5) is 0. The molecule has 0 fully saturated rings. The van der Waals surface area contributed by atoms with E-state index in [4.69, 9.17) is 0 Å². The van der Waals surface area contributed by atoms with Gasteiger partial charge in [-0.25, -0.2) is 0 Å². The molecule has 1 atom stereocenters. The van der Waals surface area contributed by atoms with Crippen molar-refractivity contribution in [1.29, 1.82) is 0 Å². The lowest BCUT2D eigenvalue weighted by atomic mass is 10.0. The van der Waals surface area contributed by atoms with Crippen LogP contribution in [-0.2, 0) is 0 Å². The van der Waals surface area contributed by atoms with Crippen LogP contribution in [0.2, 0.25) is 0 Å². The van der Waals surface area contributed by atoms with Gasteiger partial charge >= 0.3 is 0 Å². The lowest BCUT2D eigenvalue weighted by Crippen LogP contribution is -3.00. The molecular formula is C37H78ClNO. The van der Waals surface area contributed by atoms with Gasteiger partial charge < -0.3 is 22.0 Å². The highest BCUT2D eigenvalue weighted by Crippen LogP contribution is 2.17. The summed E-state index contributed by atoms with van der Waals surface area (Å²) >= 11 is 0. The topological polar surface area (TPSA) is 20.2 Å². The molecule has 0 aliphatic rings. The molecule has 0 saturated carbocycles. The number of rotatable bonds is 33. The van der Waals surface area contributed by atoms with E-state index in [1.807, 2.05) is 6.92 Å². The van der Waals surface area contributed by atoms with Crippen molar-refractivity contribution in [2.45, 2.75) is 213 Å². The molecule has 0 aromatic carbocycles. The highest BCUT2D eigenvalue weighted by atomic mass is 35.5. The Morgan fingerprint density at radius 3 is 0.850 bits per heavy atom. The van der Waals surface area contributed by atoms with E-state index in [0.29, 0.717) is 0 Å². The van der Waals surface area contributed by atoms with Crippen LogP contribution >= 0.6 is 0 Å². The fourth-order valence-corrected chi connectivity index (χ4v) is 6.21. The molecule has 2 nitrogen and oxygen atoms in total. The van der Waals surface area contributed by atoms with Crippen molar-refractivity contribution in [1.82, 2.24) is 0 Å². The van der Waals surface area contributed by atoms with Gasteiger partial charge in [0.2, 0.25) is 0 Å². The molecule has 0 bridgehead atoms. The molecule has 0 rings (SSSR count). The summed E-state index contributed by atoms with van der Waals surface area (Å²) in [6.07, 6.45) is 41.0. The van der Waals surface area contributed by atoms with Crippen LogP contribution in [-0.4, -0.2) is 42.4 Å². The molecular weight excluding hydrogens is 510 g/mol. The zero-order chi connectivity index (χ0) is 28.7. The summed E-state index contributed by atoms with van der Waals surface area (Å²) < 4.78 is 1.18. The van der Waals surface area contributed by atoms with Gasteiger partial charge in [0.1, 0.15) is 0 Å². The summed E-state index contributed by atoms with van der Waals surface area (Å²) in [7, 11) is 2.47. The van der Waals surface area contributed by atoms with Gasteiger partial charge in [-0.1, -0.05) is 168 Å².